The summed E-state index contributed by atoms with van der Waals surface area (Å²) in [5.74, 6) is 1.96. The molecule has 6 rings (SSSR count). The SMILES string of the molecule is Cc1ccc(-c2nc3ccc(N4CCC5(CCN(C)C5)C4)nc3n2-c2ccncc2)cc1. The number of imidazole rings is 1. The van der Waals surface area contributed by atoms with Crippen molar-refractivity contribution in [3.05, 3.63) is 66.5 Å². The molecule has 0 radical (unpaired) electrons. The summed E-state index contributed by atoms with van der Waals surface area (Å²) in [5, 5.41) is 0. The monoisotopic (exact) mass is 424 g/mol. The van der Waals surface area contributed by atoms with Gasteiger partial charge in [-0.05, 0) is 57.6 Å². The number of pyridine rings is 2. The van der Waals surface area contributed by atoms with E-state index in [0.29, 0.717) is 5.41 Å². The first kappa shape index (κ1) is 19.4. The van der Waals surface area contributed by atoms with Gasteiger partial charge in [0.2, 0.25) is 0 Å². The fourth-order valence-electron chi connectivity index (χ4n) is 5.38. The van der Waals surface area contributed by atoms with Gasteiger partial charge in [-0.3, -0.25) is 9.55 Å². The molecule has 32 heavy (non-hydrogen) atoms. The first-order valence-corrected chi connectivity index (χ1v) is 11.4. The van der Waals surface area contributed by atoms with Gasteiger partial charge in [-0.1, -0.05) is 29.8 Å². The van der Waals surface area contributed by atoms with Gasteiger partial charge in [0, 0.05) is 43.0 Å². The third kappa shape index (κ3) is 3.26. The maximum Gasteiger partial charge on any atom is 0.167 e. The van der Waals surface area contributed by atoms with E-state index in [1.54, 1.807) is 0 Å². The molecule has 4 aromatic rings. The van der Waals surface area contributed by atoms with Crippen molar-refractivity contribution in [1.82, 2.24) is 24.4 Å². The highest BCUT2D eigenvalue weighted by Crippen LogP contribution is 2.40. The number of anilines is 1. The number of aryl methyl sites for hydroxylation is 1. The minimum absolute atomic E-state index is 0.420. The van der Waals surface area contributed by atoms with E-state index in [1.165, 1.54) is 31.5 Å². The Morgan fingerprint density at radius 3 is 2.38 bits per heavy atom. The summed E-state index contributed by atoms with van der Waals surface area (Å²) in [6.45, 7) is 6.66. The van der Waals surface area contributed by atoms with Crippen molar-refractivity contribution in [3.8, 4) is 17.1 Å². The Balaban J connectivity index is 1.46. The second kappa shape index (κ2) is 7.41. The number of hydrogen-bond acceptors (Lipinski definition) is 5. The number of nitrogens with zero attached hydrogens (tertiary/aromatic N) is 6. The van der Waals surface area contributed by atoms with E-state index in [9.17, 15) is 0 Å². The Morgan fingerprint density at radius 1 is 0.844 bits per heavy atom. The van der Waals surface area contributed by atoms with Crippen molar-refractivity contribution in [3.63, 3.8) is 0 Å². The molecule has 5 heterocycles. The topological polar surface area (TPSA) is 50.1 Å². The van der Waals surface area contributed by atoms with Crippen LogP contribution in [0.15, 0.2) is 60.9 Å². The van der Waals surface area contributed by atoms with E-state index < -0.39 is 0 Å². The lowest BCUT2D eigenvalue weighted by Crippen LogP contribution is -2.30. The summed E-state index contributed by atoms with van der Waals surface area (Å²) < 4.78 is 2.17. The van der Waals surface area contributed by atoms with Crippen LogP contribution in [-0.4, -0.2) is 57.6 Å². The van der Waals surface area contributed by atoms with Gasteiger partial charge in [-0.15, -0.1) is 0 Å². The average molecular weight is 425 g/mol. The summed E-state index contributed by atoms with van der Waals surface area (Å²) in [7, 11) is 2.24. The normalized spacial score (nSPS) is 21.2. The molecule has 162 valence electrons. The molecular weight excluding hydrogens is 396 g/mol. The number of aromatic nitrogens is 4. The zero-order valence-corrected chi connectivity index (χ0v) is 18.7. The van der Waals surface area contributed by atoms with Gasteiger partial charge in [-0.2, -0.15) is 0 Å². The Hall–Kier alpha value is -3.25. The van der Waals surface area contributed by atoms with Gasteiger partial charge < -0.3 is 9.80 Å². The minimum Gasteiger partial charge on any atom is -0.356 e. The number of benzene rings is 1. The van der Waals surface area contributed by atoms with Gasteiger partial charge in [0.25, 0.3) is 0 Å². The largest absolute Gasteiger partial charge is 0.356 e. The molecule has 2 aliphatic heterocycles. The fourth-order valence-corrected chi connectivity index (χ4v) is 5.38. The summed E-state index contributed by atoms with van der Waals surface area (Å²) in [5.41, 5.74) is 5.58. The van der Waals surface area contributed by atoms with Crippen LogP contribution in [0.5, 0.6) is 0 Å². The van der Waals surface area contributed by atoms with Crippen molar-refractivity contribution in [2.24, 2.45) is 5.41 Å². The molecule has 1 unspecified atom stereocenters. The van der Waals surface area contributed by atoms with Crippen LogP contribution in [0.4, 0.5) is 5.82 Å². The summed E-state index contributed by atoms with van der Waals surface area (Å²) >= 11 is 0. The van der Waals surface area contributed by atoms with E-state index >= 15 is 0 Å². The molecule has 0 aliphatic carbocycles. The van der Waals surface area contributed by atoms with E-state index in [1.807, 2.05) is 24.5 Å². The molecule has 3 aromatic heterocycles. The molecule has 6 heteroatoms. The lowest BCUT2D eigenvalue weighted by Gasteiger charge is -2.24. The zero-order valence-electron chi connectivity index (χ0n) is 18.7. The Morgan fingerprint density at radius 2 is 1.62 bits per heavy atom. The van der Waals surface area contributed by atoms with Crippen molar-refractivity contribution in [2.45, 2.75) is 19.8 Å². The highest BCUT2D eigenvalue weighted by molar-refractivity contribution is 5.81. The molecule has 2 fully saturated rings. The van der Waals surface area contributed by atoms with Crippen molar-refractivity contribution in [1.29, 1.82) is 0 Å². The molecule has 0 saturated carbocycles. The summed E-state index contributed by atoms with van der Waals surface area (Å²) in [4.78, 5) is 19.3. The second-order valence-electron chi connectivity index (χ2n) is 9.51. The fraction of sp³-hybridized carbons (Fsp3) is 0.346. The maximum absolute atomic E-state index is 5.16. The zero-order chi connectivity index (χ0) is 21.7. The van der Waals surface area contributed by atoms with Crippen LogP contribution >= 0.6 is 0 Å². The number of fused-ring (bicyclic) bond motifs is 1. The smallest absolute Gasteiger partial charge is 0.167 e. The van der Waals surface area contributed by atoms with Crippen LogP contribution in [0.2, 0.25) is 0 Å². The van der Waals surface area contributed by atoms with Gasteiger partial charge in [0.15, 0.2) is 5.65 Å². The average Bonchev–Trinajstić information content (AvgIpc) is 3.51. The highest BCUT2D eigenvalue weighted by atomic mass is 15.3. The quantitative estimate of drug-likeness (QED) is 0.490. The highest BCUT2D eigenvalue weighted by Gasteiger charge is 2.42. The number of hydrogen-bond donors (Lipinski definition) is 0. The molecule has 0 N–H and O–H groups in total. The van der Waals surface area contributed by atoms with Crippen LogP contribution < -0.4 is 4.90 Å². The first-order chi connectivity index (χ1) is 15.6. The lowest BCUT2D eigenvalue weighted by molar-refractivity contribution is 0.312. The van der Waals surface area contributed by atoms with Crippen molar-refractivity contribution in [2.75, 3.05) is 38.1 Å². The Bertz CT molecular complexity index is 1260. The molecular formula is C26H28N6. The third-order valence-corrected chi connectivity index (χ3v) is 7.11. The molecule has 2 aliphatic rings. The van der Waals surface area contributed by atoms with Gasteiger partial charge in [0.05, 0.1) is 5.69 Å². The Kier molecular flexibility index (Phi) is 4.50. The predicted octanol–water partition coefficient (Wildman–Crippen LogP) is 4.32. The maximum atomic E-state index is 5.16. The van der Waals surface area contributed by atoms with Gasteiger partial charge in [0.1, 0.15) is 17.2 Å². The molecule has 2 saturated heterocycles. The van der Waals surface area contributed by atoms with Crippen molar-refractivity contribution >= 4 is 17.0 Å². The second-order valence-corrected chi connectivity index (χ2v) is 9.51. The van der Waals surface area contributed by atoms with Gasteiger partial charge in [-0.25, -0.2) is 9.97 Å². The molecule has 1 atom stereocenters. The van der Waals surface area contributed by atoms with Crippen LogP contribution in [0.1, 0.15) is 18.4 Å². The van der Waals surface area contributed by atoms with E-state index in [-0.39, 0.29) is 0 Å². The van der Waals surface area contributed by atoms with Crippen LogP contribution in [0.3, 0.4) is 0 Å². The summed E-state index contributed by atoms with van der Waals surface area (Å²) in [6.07, 6.45) is 6.18. The first-order valence-electron chi connectivity index (χ1n) is 11.4. The standard InChI is InChI=1S/C26H28N6/c1-19-3-5-20(6-4-19)24-28-22-7-8-23(29-25(22)32(24)21-9-13-27-14-10-21)31-16-12-26(18-31)11-15-30(2)17-26/h3-10,13-14H,11-12,15-18H2,1-2H3. The molecule has 1 aromatic carbocycles. The third-order valence-electron chi connectivity index (χ3n) is 7.11. The molecule has 0 amide bonds. The van der Waals surface area contributed by atoms with Crippen molar-refractivity contribution < 1.29 is 0 Å². The Labute approximate surface area is 188 Å². The number of likely N-dealkylation sites (tertiary alicyclic amines) is 1. The predicted molar refractivity (Wildman–Crippen MR) is 128 cm³/mol. The van der Waals surface area contributed by atoms with Crippen LogP contribution in [0.25, 0.3) is 28.2 Å². The minimum atomic E-state index is 0.420. The lowest BCUT2D eigenvalue weighted by atomic mass is 9.86. The van der Waals surface area contributed by atoms with Crippen LogP contribution in [-0.2, 0) is 0 Å². The van der Waals surface area contributed by atoms with Gasteiger partial charge >= 0.3 is 0 Å². The molecule has 1 spiro atoms. The summed E-state index contributed by atoms with van der Waals surface area (Å²) in [6, 6.07) is 16.8. The molecule has 6 nitrogen and oxygen atoms in total. The van der Waals surface area contributed by atoms with E-state index in [4.69, 9.17) is 9.97 Å². The van der Waals surface area contributed by atoms with E-state index in [2.05, 4.69) is 69.7 Å². The van der Waals surface area contributed by atoms with E-state index in [0.717, 1.165) is 47.1 Å². The number of rotatable bonds is 3. The van der Waals surface area contributed by atoms with Crippen LogP contribution in [0, 0.1) is 12.3 Å². The molecule has 0 bridgehead atoms.